The van der Waals surface area contributed by atoms with Gasteiger partial charge in [-0.2, -0.15) is 11.8 Å². The molecule has 0 aromatic rings. The smallest absolute Gasteiger partial charge is 0.305 e. The van der Waals surface area contributed by atoms with Gasteiger partial charge in [-0.15, -0.1) is 0 Å². The van der Waals surface area contributed by atoms with Crippen molar-refractivity contribution >= 4 is 47.3 Å². The lowest BCUT2D eigenvalue weighted by Gasteiger charge is -2.28. The molecule has 33 heavy (non-hydrogen) atoms. The summed E-state index contributed by atoms with van der Waals surface area (Å²) in [4.78, 5) is 72.8. The molecule has 14 heteroatoms. The van der Waals surface area contributed by atoms with Gasteiger partial charge >= 0.3 is 5.97 Å². The lowest BCUT2D eigenvalue weighted by Crippen LogP contribution is -2.56. The van der Waals surface area contributed by atoms with E-state index in [0.29, 0.717) is 31.6 Å². The van der Waals surface area contributed by atoms with Crippen molar-refractivity contribution in [2.45, 2.75) is 56.8 Å². The van der Waals surface area contributed by atoms with Gasteiger partial charge in [-0.1, -0.05) is 0 Å². The molecule has 0 aromatic heterocycles. The van der Waals surface area contributed by atoms with E-state index < -0.39 is 72.6 Å². The highest BCUT2D eigenvalue weighted by Crippen LogP contribution is 2.19. The molecule has 0 saturated carbocycles. The van der Waals surface area contributed by atoms with Gasteiger partial charge in [-0.05, 0) is 38.2 Å². The fourth-order valence-electron chi connectivity index (χ4n) is 3.27. The third-order valence-electron chi connectivity index (χ3n) is 5.01. The van der Waals surface area contributed by atoms with Crippen LogP contribution in [0.15, 0.2) is 0 Å². The van der Waals surface area contributed by atoms with Crippen molar-refractivity contribution < 1.29 is 33.9 Å². The van der Waals surface area contributed by atoms with Gasteiger partial charge in [-0.25, -0.2) is 0 Å². The fraction of sp³-hybridized carbons (Fsp3) is 0.684. The van der Waals surface area contributed by atoms with Crippen molar-refractivity contribution in [3.05, 3.63) is 0 Å². The second-order valence-corrected chi connectivity index (χ2v) is 8.63. The SMILES string of the molecule is CSCC[C@H](NC(=O)[C@@H]1CCCN1C(=O)[C@H](C)NC(=O)CNC(=O)[C@@H](N)CC(=O)O)C(N)=O. The van der Waals surface area contributed by atoms with Gasteiger partial charge in [0.1, 0.15) is 18.1 Å². The van der Waals surface area contributed by atoms with Gasteiger partial charge in [0.05, 0.1) is 19.0 Å². The van der Waals surface area contributed by atoms with E-state index in [9.17, 15) is 28.8 Å². The van der Waals surface area contributed by atoms with Crippen LogP contribution < -0.4 is 27.4 Å². The first-order valence-electron chi connectivity index (χ1n) is 10.4. The summed E-state index contributed by atoms with van der Waals surface area (Å²) in [7, 11) is 0. The standard InChI is InChI=1S/C19H32N6O7S/c1-10(23-14(26)9-22-17(30)11(20)8-15(27)28)19(32)25-6-3-4-13(25)18(31)24-12(16(21)29)5-7-33-2/h10-13H,3-9,20H2,1-2H3,(H2,21,29)(H,22,30)(H,23,26)(H,24,31)(H,27,28)/t10-,11-,12-,13-/m0/s1. The molecular formula is C19H32N6O7S. The normalized spacial score (nSPS) is 18.0. The predicted molar refractivity (Wildman–Crippen MR) is 120 cm³/mol. The molecule has 1 rings (SSSR count). The van der Waals surface area contributed by atoms with Gasteiger partial charge in [0.2, 0.25) is 29.5 Å². The molecule has 0 radical (unpaired) electrons. The molecule has 5 amide bonds. The van der Waals surface area contributed by atoms with Crippen molar-refractivity contribution in [2.75, 3.05) is 25.1 Å². The maximum absolute atomic E-state index is 12.8. The number of carboxylic acids is 1. The van der Waals surface area contributed by atoms with Crippen LogP contribution in [-0.2, 0) is 28.8 Å². The number of carboxylic acid groups (broad SMARTS) is 1. The highest BCUT2D eigenvalue weighted by atomic mass is 32.2. The molecule has 8 N–H and O–H groups in total. The van der Waals surface area contributed by atoms with E-state index in [1.807, 2.05) is 6.26 Å². The Labute approximate surface area is 195 Å². The summed E-state index contributed by atoms with van der Waals surface area (Å²) < 4.78 is 0. The highest BCUT2D eigenvalue weighted by molar-refractivity contribution is 7.98. The molecule has 186 valence electrons. The first kappa shape index (κ1) is 28.2. The monoisotopic (exact) mass is 488 g/mol. The molecule has 1 aliphatic heterocycles. The number of amides is 5. The minimum Gasteiger partial charge on any atom is -0.481 e. The molecule has 13 nitrogen and oxygen atoms in total. The van der Waals surface area contributed by atoms with Gasteiger partial charge < -0.3 is 37.4 Å². The summed E-state index contributed by atoms with van der Waals surface area (Å²) >= 11 is 1.51. The second-order valence-electron chi connectivity index (χ2n) is 7.65. The number of carbonyl (C=O) groups excluding carboxylic acids is 5. The predicted octanol–water partition coefficient (Wildman–Crippen LogP) is -2.88. The summed E-state index contributed by atoms with van der Waals surface area (Å²) in [5.41, 5.74) is 10.8. The number of nitrogens with two attached hydrogens (primary N) is 2. The van der Waals surface area contributed by atoms with Crippen LogP contribution in [0, 0.1) is 0 Å². The Kier molecular flexibility index (Phi) is 11.6. The van der Waals surface area contributed by atoms with Crippen molar-refractivity contribution in [3.63, 3.8) is 0 Å². The Hall–Kier alpha value is -2.87. The summed E-state index contributed by atoms with van der Waals surface area (Å²) in [6.07, 6.45) is 2.63. The Morgan fingerprint density at radius 3 is 2.42 bits per heavy atom. The van der Waals surface area contributed by atoms with Crippen LogP contribution in [0.3, 0.4) is 0 Å². The lowest BCUT2D eigenvalue weighted by molar-refractivity contribution is -0.141. The zero-order valence-corrected chi connectivity index (χ0v) is 19.5. The van der Waals surface area contributed by atoms with Crippen LogP contribution in [-0.4, -0.2) is 94.8 Å². The van der Waals surface area contributed by atoms with E-state index in [1.165, 1.54) is 23.6 Å². The van der Waals surface area contributed by atoms with Gasteiger partial charge in [0, 0.05) is 6.54 Å². The van der Waals surface area contributed by atoms with E-state index in [2.05, 4.69) is 16.0 Å². The number of rotatable bonds is 13. The molecule has 0 unspecified atom stereocenters. The molecule has 0 spiro atoms. The Morgan fingerprint density at radius 2 is 1.85 bits per heavy atom. The number of likely N-dealkylation sites (tertiary alicyclic amines) is 1. The third-order valence-corrected chi connectivity index (χ3v) is 5.66. The molecular weight excluding hydrogens is 456 g/mol. The van der Waals surface area contributed by atoms with Crippen molar-refractivity contribution in [1.29, 1.82) is 0 Å². The molecule has 0 aliphatic carbocycles. The molecule has 1 aliphatic rings. The quantitative estimate of drug-likeness (QED) is 0.157. The highest BCUT2D eigenvalue weighted by Gasteiger charge is 2.37. The van der Waals surface area contributed by atoms with Crippen LogP contribution >= 0.6 is 11.8 Å². The number of hydrogen-bond acceptors (Lipinski definition) is 8. The third kappa shape index (κ3) is 9.26. The van der Waals surface area contributed by atoms with E-state index >= 15 is 0 Å². The summed E-state index contributed by atoms with van der Waals surface area (Å²) in [5, 5.41) is 15.9. The molecule has 4 atom stereocenters. The van der Waals surface area contributed by atoms with E-state index in [-0.39, 0.29) is 0 Å². The number of primary amides is 1. The van der Waals surface area contributed by atoms with Crippen molar-refractivity contribution in [2.24, 2.45) is 11.5 Å². The maximum atomic E-state index is 12.8. The first-order valence-corrected chi connectivity index (χ1v) is 11.8. The van der Waals surface area contributed by atoms with Gasteiger partial charge in [-0.3, -0.25) is 28.8 Å². The van der Waals surface area contributed by atoms with Crippen LogP contribution in [0.2, 0.25) is 0 Å². The van der Waals surface area contributed by atoms with E-state index in [0.717, 1.165) is 0 Å². The summed E-state index contributed by atoms with van der Waals surface area (Å²) in [6, 6.07) is -3.92. The summed E-state index contributed by atoms with van der Waals surface area (Å²) in [6.45, 7) is 1.25. The van der Waals surface area contributed by atoms with E-state index in [4.69, 9.17) is 16.6 Å². The Balaban J connectivity index is 2.62. The lowest BCUT2D eigenvalue weighted by atomic mass is 10.1. The fourth-order valence-corrected chi connectivity index (χ4v) is 3.75. The topological polar surface area (TPSA) is 214 Å². The molecule has 0 aromatic carbocycles. The van der Waals surface area contributed by atoms with Crippen LogP contribution in [0.25, 0.3) is 0 Å². The minimum absolute atomic E-state index is 0.309. The number of hydrogen-bond donors (Lipinski definition) is 6. The van der Waals surface area contributed by atoms with Crippen LogP contribution in [0.5, 0.6) is 0 Å². The van der Waals surface area contributed by atoms with Crippen LogP contribution in [0.4, 0.5) is 0 Å². The minimum atomic E-state index is -1.31. The van der Waals surface area contributed by atoms with Crippen molar-refractivity contribution in [3.8, 4) is 0 Å². The molecule has 0 bridgehead atoms. The first-order chi connectivity index (χ1) is 15.5. The Morgan fingerprint density at radius 1 is 1.18 bits per heavy atom. The van der Waals surface area contributed by atoms with Crippen molar-refractivity contribution in [1.82, 2.24) is 20.9 Å². The number of carbonyl (C=O) groups is 6. The van der Waals surface area contributed by atoms with Crippen LogP contribution in [0.1, 0.15) is 32.6 Å². The van der Waals surface area contributed by atoms with Gasteiger partial charge in [0.25, 0.3) is 0 Å². The largest absolute Gasteiger partial charge is 0.481 e. The van der Waals surface area contributed by atoms with Gasteiger partial charge in [0.15, 0.2) is 0 Å². The zero-order valence-electron chi connectivity index (χ0n) is 18.7. The number of nitrogens with one attached hydrogen (secondary N) is 3. The number of aliphatic carboxylic acids is 1. The second kappa shape index (κ2) is 13.6. The maximum Gasteiger partial charge on any atom is 0.305 e. The molecule has 1 heterocycles. The summed E-state index contributed by atoms with van der Waals surface area (Å²) in [5.74, 6) is -3.75. The molecule has 1 saturated heterocycles. The average molecular weight is 489 g/mol. The number of nitrogens with zero attached hydrogens (tertiary/aromatic N) is 1. The number of thioether (sulfide) groups is 1. The zero-order chi connectivity index (χ0) is 25.1. The van der Waals surface area contributed by atoms with E-state index in [1.54, 1.807) is 0 Å². The average Bonchev–Trinajstić information content (AvgIpc) is 3.23. The molecule has 1 fully saturated rings. The Bertz CT molecular complexity index is 765.